The number of hydrogen-bond acceptors (Lipinski definition) is 3. The molecular formula is C11H23NO2. The third-order valence-electron chi connectivity index (χ3n) is 2.80. The molecule has 0 amide bonds. The standard InChI is InChI=1S/C11H23NO2/c1-4-5-12-11(8-13-3)10-6-9(2)14-7-10/h9-12H,4-8H2,1-3H3. The van der Waals surface area contributed by atoms with Crippen molar-refractivity contribution in [3.63, 3.8) is 0 Å². The highest BCUT2D eigenvalue weighted by Gasteiger charge is 2.28. The zero-order chi connectivity index (χ0) is 10.4. The molecule has 0 saturated carbocycles. The van der Waals surface area contributed by atoms with Crippen LogP contribution in [0.15, 0.2) is 0 Å². The zero-order valence-corrected chi connectivity index (χ0v) is 9.58. The van der Waals surface area contributed by atoms with E-state index in [4.69, 9.17) is 9.47 Å². The number of hydrogen-bond donors (Lipinski definition) is 1. The van der Waals surface area contributed by atoms with Crippen molar-refractivity contribution in [2.24, 2.45) is 5.92 Å². The van der Waals surface area contributed by atoms with Gasteiger partial charge in [0.05, 0.1) is 19.3 Å². The van der Waals surface area contributed by atoms with Gasteiger partial charge in [0, 0.05) is 19.1 Å². The smallest absolute Gasteiger partial charge is 0.0619 e. The van der Waals surface area contributed by atoms with Gasteiger partial charge in [0.25, 0.3) is 0 Å². The Morgan fingerprint density at radius 2 is 2.36 bits per heavy atom. The van der Waals surface area contributed by atoms with Crippen molar-refractivity contribution in [3.8, 4) is 0 Å². The molecule has 1 aliphatic heterocycles. The van der Waals surface area contributed by atoms with Gasteiger partial charge in [-0.2, -0.15) is 0 Å². The lowest BCUT2D eigenvalue weighted by Gasteiger charge is -2.22. The van der Waals surface area contributed by atoms with Gasteiger partial charge in [-0.05, 0) is 26.3 Å². The molecule has 0 radical (unpaired) electrons. The molecule has 1 N–H and O–H groups in total. The molecule has 0 aliphatic carbocycles. The molecule has 3 atom stereocenters. The minimum Gasteiger partial charge on any atom is -0.383 e. The highest BCUT2D eigenvalue weighted by Crippen LogP contribution is 2.22. The summed E-state index contributed by atoms with van der Waals surface area (Å²) >= 11 is 0. The molecule has 0 spiro atoms. The molecule has 0 aromatic rings. The molecule has 1 heterocycles. The third-order valence-corrected chi connectivity index (χ3v) is 2.80. The summed E-state index contributed by atoms with van der Waals surface area (Å²) in [4.78, 5) is 0. The van der Waals surface area contributed by atoms with Crippen molar-refractivity contribution in [3.05, 3.63) is 0 Å². The maximum atomic E-state index is 5.58. The molecular weight excluding hydrogens is 178 g/mol. The topological polar surface area (TPSA) is 30.5 Å². The molecule has 1 aliphatic rings. The second-order valence-electron chi connectivity index (χ2n) is 4.16. The normalized spacial score (nSPS) is 29.4. The Balaban J connectivity index is 2.33. The maximum absolute atomic E-state index is 5.58. The summed E-state index contributed by atoms with van der Waals surface area (Å²) in [6.45, 7) is 7.07. The summed E-state index contributed by atoms with van der Waals surface area (Å²) in [5, 5.41) is 3.53. The van der Waals surface area contributed by atoms with Crippen molar-refractivity contribution >= 4 is 0 Å². The number of ether oxygens (including phenoxy) is 2. The number of methoxy groups -OCH3 is 1. The first kappa shape index (κ1) is 12.0. The van der Waals surface area contributed by atoms with E-state index in [0.717, 1.165) is 26.2 Å². The van der Waals surface area contributed by atoms with Crippen LogP contribution in [-0.4, -0.2) is 39.0 Å². The average molecular weight is 201 g/mol. The quantitative estimate of drug-likeness (QED) is 0.705. The predicted octanol–water partition coefficient (Wildman–Crippen LogP) is 1.43. The van der Waals surface area contributed by atoms with Crippen LogP contribution in [0.5, 0.6) is 0 Å². The Bertz CT molecular complexity index is 152. The second kappa shape index (κ2) is 6.38. The van der Waals surface area contributed by atoms with Crippen LogP contribution in [0.1, 0.15) is 26.7 Å². The minimum absolute atomic E-state index is 0.419. The average Bonchev–Trinajstić information content (AvgIpc) is 2.59. The highest BCUT2D eigenvalue weighted by molar-refractivity contribution is 4.81. The second-order valence-corrected chi connectivity index (χ2v) is 4.16. The summed E-state index contributed by atoms with van der Waals surface area (Å²) in [5.74, 6) is 0.622. The van der Waals surface area contributed by atoms with E-state index < -0.39 is 0 Å². The predicted molar refractivity (Wildman–Crippen MR) is 57.5 cm³/mol. The van der Waals surface area contributed by atoms with Crippen molar-refractivity contribution in [1.29, 1.82) is 0 Å². The van der Waals surface area contributed by atoms with Crippen LogP contribution in [0.4, 0.5) is 0 Å². The van der Waals surface area contributed by atoms with Gasteiger partial charge in [0.2, 0.25) is 0 Å². The summed E-state index contributed by atoms with van der Waals surface area (Å²) in [7, 11) is 1.76. The number of nitrogens with one attached hydrogen (secondary N) is 1. The van der Waals surface area contributed by atoms with Crippen molar-refractivity contribution in [2.75, 3.05) is 26.9 Å². The van der Waals surface area contributed by atoms with Gasteiger partial charge in [0.1, 0.15) is 0 Å². The Kier molecular flexibility index (Phi) is 5.45. The summed E-state index contributed by atoms with van der Waals surface area (Å²) in [5.41, 5.74) is 0. The zero-order valence-electron chi connectivity index (χ0n) is 9.58. The van der Waals surface area contributed by atoms with E-state index in [2.05, 4.69) is 19.2 Å². The Labute approximate surface area is 87.2 Å². The van der Waals surface area contributed by atoms with E-state index >= 15 is 0 Å². The lowest BCUT2D eigenvalue weighted by Crippen LogP contribution is -2.40. The first-order valence-electron chi connectivity index (χ1n) is 5.61. The van der Waals surface area contributed by atoms with Crippen LogP contribution in [0, 0.1) is 5.92 Å². The molecule has 1 fully saturated rings. The highest BCUT2D eigenvalue weighted by atomic mass is 16.5. The molecule has 0 aromatic heterocycles. The van der Waals surface area contributed by atoms with Crippen molar-refractivity contribution < 1.29 is 9.47 Å². The molecule has 14 heavy (non-hydrogen) atoms. The largest absolute Gasteiger partial charge is 0.383 e. The van der Waals surface area contributed by atoms with Crippen LogP contribution < -0.4 is 5.32 Å². The van der Waals surface area contributed by atoms with Gasteiger partial charge in [-0.15, -0.1) is 0 Å². The maximum Gasteiger partial charge on any atom is 0.0619 e. The fraction of sp³-hybridized carbons (Fsp3) is 1.00. The molecule has 3 heteroatoms. The Hall–Kier alpha value is -0.120. The summed E-state index contributed by atoms with van der Waals surface area (Å²) in [6, 6.07) is 0.463. The lowest BCUT2D eigenvalue weighted by molar-refractivity contribution is 0.104. The van der Waals surface area contributed by atoms with Crippen LogP contribution >= 0.6 is 0 Å². The Morgan fingerprint density at radius 1 is 1.57 bits per heavy atom. The SMILES string of the molecule is CCCNC(COC)C1COC(C)C1. The molecule has 3 nitrogen and oxygen atoms in total. The number of rotatable bonds is 6. The van der Waals surface area contributed by atoms with Gasteiger partial charge in [-0.1, -0.05) is 6.92 Å². The first-order valence-corrected chi connectivity index (χ1v) is 5.61. The van der Waals surface area contributed by atoms with Crippen molar-refractivity contribution in [2.45, 2.75) is 38.8 Å². The van der Waals surface area contributed by atoms with Crippen molar-refractivity contribution in [1.82, 2.24) is 5.32 Å². The van der Waals surface area contributed by atoms with E-state index in [0.29, 0.717) is 18.1 Å². The summed E-state index contributed by atoms with van der Waals surface area (Å²) in [6.07, 6.45) is 2.75. The van der Waals surface area contributed by atoms with Gasteiger partial charge >= 0.3 is 0 Å². The van der Waals surface area contributed by atoms with E-state index in [-0.39, 0.29) is 0 Å². The van der Waals surface area contributed by atoms with Crippen LogP contribution in [0.25, 0.3) is 0 Å². The van der Waals surface area contributed by atoms with Gasteiger partial charge in [0.15, 0.2) is 0 Å². The third kappa shape index (κ3) is 3.56. The fourth-order valence-electron chi connectivity index (χ4n) is 2.00. The van der Waals surface area contributed by atoms with Gasteiger partial charge in [-0.25, -0.2) is 0 Å². The fourth-order valence-corrected chi connectivity index (χ4v) is 2.00. The van der Waals surface area contributed by atoms with Gasteiger partial charge in [-0.3, -0.25) is 0 Å². The summed E-state index contributed by atoms with van der Waals surface area (Å²) < 4.78 is 10.8. The molecule has 1 rings (SSSR count). The monoisotopic (exact) mass is 201 g/mol. The molecule has 0 aromatic carbocycles. The van der Waals surface area contributed by atoms with Crippen LogP contribution in [-0.2, 0) is 9.47 Å². The van der Waals surface area contributed by atoms with Crippen LogP contribution in [0.2, 0.25) is 0 Å². The molecule has 0 bridgehead atoms. The van der Waals surface area contributed by atoms with E-state index in [1.165, 1.54) is 6.42 Å². The van der Waals surface area contributed by atoms with E-state index in [1.807, 2.05) is 0 Å². The Morgan fingerprint density at radius 3 is 2.86 bits per heavy atom. The minimum atomic E-state index is 0.419. The van der Waals surface area contributed by atoms with E-state index in [1.54, 1.807) is 7.11 Å². The van der Waals surface area contributed by atoms with Gasteiger partial charge < -0.3 is 14.8 Å². The first-order chi connectivity index (χ1) is 6.77. The van der Waals surface area contributed by atoms with Crippen LogP contribution in [0.3, 0.4) is 0 Å². The molecule has 1 saturated heterocycles. The molecule has 84 valence electrons. The lowest BCUT2D eigenvalue weighted by atomic mass is 9.97. The molecule has 3 unspecified atom stereocenters. The van der Waals surface area contributed by atoms with E-state index in [9.17, 15) is 0 Å².